The molecule has 0 aromatic heterocycles. The average molecular weight is 336 g/mol. The summed E-state index contributed by atoms with van der Waals surface area (Å²) in [4.78, 5) is 4.86. The molecule has 0 atom stereocenters. The van der Waals surface area contributed by atoms with E-state index in [1.165, 1.54) is 0 Å². The van der Waals surface area contributed by atoms with Crippen LogP contribution in [-0.4, -0.2) is 5.11 Å². The Morgan fingerprint density at radius 2 is 1.46 bits per heavy atom. The van der Waals surface area contributed by atoms with Gasteiger partial charge >= 0.3 is 0 Å². The fourth-order valence-corrected chi connectivity index (χ4v) is 3.45. The molecule has 124 valence electrons. The number of anilines is 2. The number of benzene rings is 4. The zero-order valence-corrected chi connectivity index (χ0v) is 14.0. The van der Waals surface area contributed by atoms with Crippen molar-refractivity contribution in [2.75, 3.05) is 5.32 Å². The average Bonchev–Trinajstić information content (AvgIpc) is 2.71. The van der Waals surface area contributed by atoms with Gasteiger partial charge in [-0.15, -0.1) is 0 Å². The molecule has 5 rings (SSSR count). The summed E-state index contributed by atoms with van der Waals surface area (Å²) in [5, 5.41) is 17.8. The van der Waals surface area contributed by atoms with Gasteiger partial charge in [0.15, 0.2) is 0 Å². The van der Waals surface area contributed by atoms with Crippen molar-refractivity contribution in [1.82, 2.24) is 0 Å². The number of hydrogen-bond donors (Lipinski definition) is 2. The van der Waals surface area contributed by atoms with E-state index in [0.29, 0.717) is 0 Å². The minimum Gasteiger partial charge on any atom is -0.507 e. The van der Waals surface area contributed by atoms with Crippen LogP contribution >= 0.6 is 0 Å². The third-order valence-corrected chi connectivity index (χ3v) is 4.71. The molecule has 0 saturated heterocycles. The predicted molar refractivity (Wildman–Crippen MR) is 106 cm³/mol. The maximum atomic E-state index is 11.0. The zero-order valence-electron chi connectivity index (χ0n) is 14.0. The SMILES string of the molecule is Oc1/c(=C/c2ccccc2)c2c(c3ccccc13)Nc1ccccc1N=2. The number of rotatable bonds is 1. The van der Waals surface area contributed by atoms with Crippen LogP contribution in [0.1, 0.15) is 5.56 Å². The predicted octanol–water partition coefficient (Wildman–Crippen LogP) is 4.38. The topological polar surface area (TPSA) is 44.6 Å². The maximum absolute atomic E-state index is 11.0. The summed E-state index contributed by atoms with van der Waals surface area (Å²) < 4.78 is 0. The molecule has 26 heavy (non-hydrogen) atoms. The number of nitrogens with zero attached hydrogens (tertiary/aromatic N) is 1. The lowest BCUT2D eigenvalue weighted by molar-refractivity contribution is 0.476. The minimum atomic E-state index is 0.258. The van der Waals surface area contributed by atoms with E-state index in [0.717, 1.165) is 44.0 Å². The molecule has 4 aromatic carbocycles. The van der Waals surface area contributed by atoms with Crippen molar-refractivity contribution >= 4 is 33.9 Å². The van der Waals surface area contributed by atoms with Crippen LogP contribution < -0.4 is 15.9 Å². The molecule has 0 spiro atoms. The molecule has 0 aliphatic carbocycles. The molecular weight excluding hydrogens is 320 g/mol. The van der Waals surface area contributed by atoms with E-state index in [2.05, 4.69) is 5.32 Å². The summed E-state index contributed by atoms with van der Waals surface area (Å²) in [7, 11) is 0. The van der Waals surface area contributed by atoms with Crippen molar-refractivity contribution in [2.45, 2.75) is 0 Å². The lowest BCUT2D eigenvalue weighted by Crippen LogP contribution is -2.30. The van der Waals surface area contributed by atoms with Gasteiger partial charge < -0.3 is 10.4 Å². The van der Waals surface area contributed by atoms with E-state index in [1.54, 1.807) is 0 Å². The third-order valence-electron chi connectivity index (χ3n) is 4.71. The normalized spacial score (nSPS) is 12.8. The summed E-state index contributed by atoms with van der Waals surface area (Å²) in [6, 6.07) is 25.8. The Balaban J connectivity index is 1.96. The molecule has 0 amide bonds. The van der Waals surface area contributed by atoms with E-state index in [1.807, 2.05) is 84.9 Å². The lowest BCUT2D eigenvalue weighted by atomic mass is 10.0. The summed E-state index contributed by atoms with van der Waals surface area (Å²) >= 11 is 0. The highest BCUT2D eigenvalue weighted by Crippen LogP contribution is 2.34. The van der Waals surface area contributed by atoms with Crippen molar-refractivity contribution in [3.63, 3.8) is 0 Å². The number of fused-ring (bicyclic) bond motifs is 4. The Bertz CT molecular complexity index is 1250. The van der Waals surface area contributed by atoms with Gasteiger partial charge in [0.1, 0.15) is 5.75 Å². The Morgan fingerprint density at radius 1 is 0.769 bits per heavy atom. The van der Waals surface area contributed by atoms with Gasteiger partial charge in [-0.05, 0) is 23.8 Å². The van der Waals surface area contributed by atoms with Crippen LogP contribution in [0.5, 0.6) is 5.75 Å². The Kier molecular flexibility index (Phi) is 3.25. The summed E-state index contributed by atoms with van der Waals surface area (Å²) in [5.41, 5.74) is 3.80. The van der Waals surface area contributed by atoms with Gasteiger partial charge in [-0.1, -0.05) is 66.7 Å². The molecule has 1 heterocycles. The first-order chi connectivity index (χ1) is 12.8. The largest absolute Gasteiger partial charge is 0.507 e. The molecular formula is C23H16N2O. The molecule has 1 aliphatic heterocycles. The number of phenols is 1. The summed E-state index contributed by atoms with van der Waals surface area (Å²) in [6.45, 7) is 0. The van der Waals surface area contributed by atoms with Gasteiger partial charge in [0.25, 0.3) is 0 Å². The zero-order chi connectivity index (χ0) is 17.5. The highest BCUT2D eigenvalue weighted by atomic mass is 16.3. The van der Waals surface area contributed by atoms with Crippen LogP contribution in [0.4, 0.5) is 17.1 Å². The molecule has 0 saturated carbocycles. The van der Waals surface area contributed by atoms with Crippen LogP contribution in [0, 0.1) is 0 Å². The molecule has 2 N–H and O–H groups in total. The summed E-state index contributed by atoms with van der Waals surface area (Å²) in [5.74, 6) is 0.258. The highest BCUT2D eigenvalue weighted by molar-refractivity contribution is 6.00. The van der Waals surface area contributed by atoms with Gasteiger partial charge in [-0.25, -0.2) is 4.99 Å². The molecule has 0 bridgehead atoms. The van der Waals surface area contributed by atoms with Gasteiger partial charge in [-0.3, -0.25) is 0 Å². The van der Waals surface area contributed by atoms with Crippen molar-refractivity contribution in [1.29, 1.82) is 0 Å². The Hall–Kier alpha value is -3.59. The van der Waals surface area contributed by atoms with Crippen LogP contribution in [-0.2, 0) is 0 Å². The molecule has 3 nitrogen and oxygen atoms in total. The number of phenolic OH excluding ortho intramolecular Hbond substituents is 1. The number of nitrogens with one attached hydrogen (secondary N) is 1. The van der Waals surface area contributed by atoms with Gasteiger partial charge in [-0.2, -0.15) is 0 Å². The minimum absolute atomic E-state index is 0.258. The quantitative estimate of drug-likeness (QED) is 0.446. The number of aromatic hydroxyl groups is 1. The molecule has 1 aliphatic rings. The third kappa shape index (κ3) is 2.25. The molecule has 4 aromatic rings. The van der Waals surface area contributed by atoms with E-state index >= 15 is 0 Å². The smallest absolute Gasteiger partial charge is 0.132 e. The van der Waals surface area contributed by atoms with Gasteiger partial charge in [0.05, 0.1) is 22.4 Å². The molecule has 0 unspecified atom stereocenters. The second kappa shape index (κ2) is 5.74. The number of para-hydroxylation sites is 2. The van der Waals surface area contributed by atoms with Crippen molar-refractivity contribution < 1.29 is 5.11 Å². The second-order valence-electron chi connectivity index (χ2n) is 6.34. The van der Waals surface area contributed by atoms with E-state index in [9.17, 15) is 5.11 Å². The van der Waals surface area contributed by atoms with Gasteiger partial charge in [0.2, 0.25) is 0 Å². The van der Waals surface area contributed by atoms with Crippen molar-refractivity contribution in [3.8, 4) is 5.75 Å². The standard InChI is InChI=1S/C23H16N2O/c26-23-17-11-5-4-10-16(17)21-22(18(23)14-15-8-2-1-3-9-15)25-20-13-7-6-12-19(20)24-21/h1-14,24,26H/b18-14+. The first kappa shape index (κ1) is 14.7. The van der Waals surface area contributed by atoms with Crippen LogP contribution in [0.25, 0.3) is 16.8 Å². The van der Waals surface area contributed by atoms with E-state index in [-0.39, 0.29) is 5.75 Å². The van der Waals surface area contributed by atoms with Crippen LogP contribution in [0.3, 0.4) is 0 Å². The monoisotopic (exact) mass is 336 g/mol. The first-order valence-electron chi connectivity index (χ1n) is 8.56. The second-order valence-corrected chi connectivity index (χ2v) is 6.34. The van der Waals surface area contributed by atoms with E-state index in [4.69, 9.17) is 4.99 Å². The lowest BCUT2D eigenvalue weighted by Gasteiger charge is -2.18. The van der Waals surface area contributed by atoms with Crippen LogP contribution in [0.15, 0.2) is 83.9 Å². The van der Waals surface area contributed by atoms with Gasteiger partial charge in [0, 0.05) is 16.0 Å². The fraction of sp³-hybridized carbons (Fsp3) is 0. The Morgan fingerprint density at radius 3 is 2.31 bits per heavy atom. The summed E-state index contributed by atoms with van der Waals surface area (Å²) in [6.07, 6.45) is 1.99. The Labute approximate surface area is 150 Å². The maximum Gasteiger partial charge on any atom is 0.132 e. The van der Waals surface area contributed by atoms with E-state index < -0.39 is 0 Å². The van der Waals surface area contributed by atoms with Crippen LogP contribution in [0.2, 0.25) is 0 Å². The fourth-order valence-electron chi connectivity index (χ4n) is 3.45. The highest BCUT2D eigenvalue weighted by Gasteiger charge is 2.16. The molecule has 0 fully saturated rings. The molecule has 0 radical (unpaired) electrons. The van der Waals surface area contributed by atoms with Crippen molar-refractivity contribution in [2.24, 2.45) is 4.99 Å². The molecule has 3 heteroatoms. The first-order valence-corrected chi connectivity index (χ1v) is 8.56. The van der Waals surface area contributed by atoms with Crippen molar-refractivity contribution in [3.05, 3.63) is 95.0 Å². The number of hydrogen-bond acceptors (Lipinski definition) is 3.